The second kappa shape index (κ2) is 5.75. The Morgan fingerprint density at radius 1 is 1.43 bits per heavy atom. The summed E-state index contributed by atoms with van der Waals surface area (Å²) in [5.41, 5.74) is -0.256. The van der Waals surface area contributed by atoms with Crippen LogP contribution in [0.4, 0.5) is 4.79 Å². The minimum Gasteiger partial charge on any atom is -0.464 e. The molecule has 0 bridgehead atoms. The Bertz CT molecular complexity index is 533. The number of amides is 1. The Balaban J connectivity index is 2.13. The molecule has 1 aliphatic rings. The zero-order valence-corrected chi connectivity index (χ0v) is 12.8. The molecule has 1 unspecified atom stereocenters. The van der Waals surface area contributed by atoms with Gasteiger partial charge >= 0.3 is 12.1 Å². The van der Waals surface area contributed by atoms with Crippen molar-refractivity contribution in [3.05, 3.63) is 17.7 Å². The summed E-state index contributed by atoms with van der Waals surface area (Å²) in [5, 5.41) is 0. The number of hydrogen-bond donors (Lipinski definition) is 1. The monoisotopic (exact) mass is 295 g/mol. The molecule has 1 atom stereocenters. The second-order valence-corrected chi connectivity index (χ2v) is 6.01. The highest BCUT2D eigenvalue weighted by atomic mass is 16.6. The number of nitrogens with one attached hydrogen (secondary N) is 1. The van der Waals surface area contributed by atoms with Crippen molar-refractivity contribution in [1.29, 1.82) is 0 Å². The van der Waals surface area contributed by atoms with Crippen molar-refractivity contribution < 1.29 is 19.1 Å². The van der Waals surface area contributed by atoms with Gasteiger partial charge in [0.2, 0.25) is 0 Å². The molecule has 2 heterocycles. The highest BCUT2D eigenvalue weighted by molar-refractivity contribution is 5.86. The molecular formula is C14H21N3O4. The molecule has 1 aliphatic heterocycles. The lowest BCUT2D eigenvalue weighted by atomic mass is 10.2. The van der Waals surface area contributed by atoms with E-state index in [9.17, 15) is 9.59 Å². The Labute approximate surface area is 123 Å². The van der Waals surface area contributed by atoms with Gasteiger partial charge < -0.3 is 14.5 Å². The van der Waals surface area contributed by atoms with E-state index in [1.807, 2.05) is 20.8 Å². The number of imidazole rings is 1. The van der Waals surface area contributed by atoms with E-state index in [1.165, 1.54) is 13.3 Å². The standard InChI is InChI=1S/C14H21N3O4/c1-14(2,3)21-13(19)17-7-5-6-10(17)11-15-8-9(16-11)12(18)20-4/h8,10H,5-7H2,1-4H3,(H,15,16). The Hall–Kier alpha value is -2.05. The molecule has 0 radical (unpaired) electrons. The van der Waals surface area contributed by atoms with E-state index in [1.54, 1.807) is 4.90 Å². The number of ether oxygens (including phenoxy) is 2. The molecule has 116 valence electrons. The smallest absolute Gasteiger partial charge is 0.410 e. The first-order valence-corrected chi connectivity index (χ1v) is 6.94. The average molecular weight is 295 g/mol. The topological polar surface area (TPSA) is 84.5 Å². The molecule has 1 saturated heterocycles. The summed E-state index contributed by atoms with van der Waals surface area (Å²) in [6.07, 6.45) is 2.72. The van der Waals surface area contributed by atoms with Gasteiger partial charge in [-0.25, -0.2) is 14.6 Å². The maximum atomic E-state index is 12.2. The molecule has 0 aromatic carbocycles. The highest BCUT2D eigenvalue weighted by Gasteiger charge is 2.35. The fraction of sp³-hybridized carbons (Fsp3) is 0.643. The van der Waals surface area contributed by atoms with Gasteiger partial charge in [-0.2, -0.15) is 0 Å². The summed E-state index contributed by atoms with van der Waals surface area (Å²) in [4.78, 5) is 32.4. The van der Waals surface area contributed by atoms with E-state index < -0.39 is 11.6 Å². The van der Waals surface area contributed by atoms with Gasteiger partial charge in [0.15, 0.2) is 0 Å². The average Bonchev–Trinajstić information content (AvgIpc) is 3.03. The van der Waals surface area contributed by atoms with Crippen molar-refractivity contribution in [2.24, 2.45) is 0 Å². The Morgan fingerprint density at radius 2 is 2.14 bits per heavy atom. The molecule has 0 saturated carbocycles. The predicted molar refractivity (Wildman–Crippen MR) is 74.8 cm³/mol. The van der Waals surface area contributed by atoms with Crippen LogP contribution < -0.4 is 0 Å². The molecule has 1 aromatic heterocycles. The van der Waals surface area contributed by atoms with Crippen LogP contribution in [-0.4, -0.2) is 46.2 Å². The van der Waals surface area contributed by atoms with E-state index in [0.29, 0.717) is 12.4 Å². The van der Waals surface area contributed by atoms with Gasteiger partial charge in [0.25, 0.3) is 0 Å². The normalized spacial score (nSPS) is 18.7. The SMILES string of the molecule is COC(=O)c1cnc(C2CCCN2C(=O)OC(C)(C)C)[nH]1. The maximum absolute atomic E-state index is 12.2. The zero-order valence-electron chi connectivity index (χ0n) is 12.8. The third-order valence-electron chi connectivity index (χ3n) is 3.20. The van der Waals surface area contributed by atoms with Crippen molar-refractivity contribution in [2.75, 3.05) is 13.7 Å². The fourth-order valence-electron chi connectivity index (χ4n) is 2.31. The molecule has 1 N–H and O–H groups in total. The summed E-state index contributed by atoms with van der Waals surface area (Å²) in [7, 11) is 1.31. The lowest BCUT2D eigenvalue weighted by Crippen LogP contribution is -2.36. The first-order chi connectivity index (χ1) is 9.81. The number of H-pyrrole nitrogens is 1. The van der Waals surface area contributed by atoms with Gasteiger partial charge in [-0.3, -0.25) is 4.90 Å². The number of likely N-dealkylation sites (tertiary alicyclic amines) is 1. The number of nitrogens with zero attached hydrogens (tertiary/aromatic N) is 2. The van der Waals surface area contributed by atoms with Crippen LogP contribution in [-0.2, 0) is 9.47 Å². The van der Waals surface area contributed by atoms with Crippen LogP contribution in [0.5, 0.6) is 0 Å². The Kier molecular flexibility index (Phi) is 4.20. The third-order valence-corrected chi connectivity index (χ3v) is 3.20. The van der Waals surface area contributed by atoms with Crippen molar-refractivity contribution in [3.8, 4) is 0 Å². The first-order valence-electron chi connectivity index (χ1n) is 6.94. The quantitative estimate of drug-likeness (QED) is 0.846. The van der Waals surface area contributed by atoms with Gasteiger partial charge in [-0.05, 0) is 33.6 Å². The van der Waals surface area contributed by atoms with Gasteiger partial charge in [0.05, 0.1) is 19.3 Å². The molecule has 21 heavy (non-hydrogen) atoms. The summed E-state index contributed by atoms with van der Waals surface area (Å²) in [6, 6.07) is -0.196. The van der Waals surface area contributed by atoms with Crippen LogP contribution in [0.15, 0.2) is 6.20 Å². The predicted octanol–water partition coefficient (Wildman–Crippen LogP) is 2.27. The maximum Gasteiger partial charge on any atom is 0.410 e. The second-order valence-electron chi connectivity index (χ2n) is 6.01. The minimum atomic E-state index is -0.537. The lowest BCUT2D eigenvalue weighted by molar-refractivity contribution is 0.0218. The number of carbonyl (C=O) groups excluding carboxylic acids is 2. The van der Waals surface area contributed by atoms with Gasteiger partial charge in [-0.15, -0.1) is 0 Å². The Morgan fingerprint density at radius 3 is 2.76 bits per heavy atom. The van der Waals surface area contributed by atoms with Crippen LogP contribution in [0.25, 0.3) is 0 Å². The molecule has 0 aliphatic carbocycles. The molecule has 0 spiro atoms. The third kappa shape index (κ3) is 3.53. The molecule has 1 amide bonds. The van der Waals surface area contributed by atoms with E-state index >= 15 is 0 Å². The van der Waals surface area contributed by atoms with Crippen molar-refractivity contribution in [2.45, 2.75) is 45.3 Å². The molecular weight excluding hydrogens is 274 g/mol. The summed E-state index contributed by atoms with van der Waals surface area (Å²) in [6.45, 7) is 6.11. The van der Waals surface area contributed by atoms with Gasteiger partial charge in [-0.1, -0.05) is 0 Å². The van der Waals surface area contributed by atoms with Crippen LogP contribution in [0.2, 0.25) is 0 Å². The minimum absolute atomic E-state index is 0.196. The van der Waals surface area contributed by atoms with Crippen LogP contribution >= 0.6 is 0 Å². The van der Waals surface area contributed by atoms with E-state index in [0.717, 1.165) is 12.8 Å². The van der Waals surface area contributed by atoms with Crippen LogP contribution in [0, 0.1) is 0 Å². The summed E-state index contributed by atoms with van der Waals surface area (Å²) < 4.78 is 10.0. The first kappa shape index (κ1) is 15.3. The molecule has 1 fully saturated rings. The van der Waals surface area contributed by atoms with E-state index in [2.05, 4.69) is 14.7 Å². The largest absolute Gasteiger partial charge is 0.464 e. The van der Waals surface area contributed by atoms with Gasteiger partial charge in [0, 0.05) is 6.54 Å². The summed E-state index contributed by atoms with van der Waals surface area (Å²) in [5.74, 6) is 0.106. The zero-order chi connectivity index (χ0) is 15.6. The number of rotatable bonds is 2. The van der Waals surface area contributed by atoms with Crippen molar-refractivity contribution >= 4 is 12.1 Å². The molecule has 7 nitrogen and oxygen atoms in total. The number of methoxy groups -OCH3 is 1. The number of aromatic nitrogens is 2. The number of hydrogen-bond acceptors (Lipinski definition) is 5. The summed E-state index contributed by atoms with van der Waals surface area (Å²) >= 11 is 0. The van der Waals surface area contributed by atoms with Crippen molar-refractivity contribution in [3.63, 3.8) is 0 Å². The van der Waals surface area contributed by atoms with Crippen LogP contribution in [0.1, 0.15) is 56.0 Å². The molecule has 1 aromatic rings. The number of carbonyl (C=O) groups is 2. The van der Waals surface area contributed by atoms with Crippen molar-refractivity contribution in [1.82, 2.24) is 14.9 Å². The van der Waals surface area contributed by atoms with Crippen LogP contribution in [0.3, 0.4) is 0 Å². The number of aromatic amines is 1. The fourth-order valence-corrected chi connectivity index (χ4v) is 2.31. The molecule has 2 rings (SSSR count). The van der Waals surface area contributed by atoms with Gasteiger partial charge in [0.1, 0.15) is 17.1 Å². The van der Waals surface area contributed by atoms with E-state index in [-0.39, 0.29) is 17.8 Å². The number of esters is 1. The highest BCUT2D eigenvalue weighted by Crippen LogP contribution is 2.31. The molecule has 7 heteroatoms. The lowest BCUT2D eigenvalue weighted by Gasteiger charge is -2.27. The van der Waals surface area contributed by atoms with E-state index in [4.69, 9.17) is 4.74 Å².